The fraction of sp³-hybridized carbons (Fsp3) is 0.292. The molecule has 1 heterocycles. The minimum atomic E-state index is -0.0944. The molecule has 0 radical (unpaired) electrons. The number of phenolic OH excluding ortho intramolecular Hbond substituents is 1. The van der Waals surface area contributed by atoms with Gasteiger partial charge in [0.2, 0.25) is 5.91 Å². The highest BCUT2D eigenvalue weighted by molar-refractivity contribution is 5.94. The number of carbonyl (C=O) groups excluding carboxylic acids is 1. The fourth-order valence-corrected chi connectivity index (χ4v) is 3.76. The first-order valence-corrected chi connectivity index (χ1v) is 10.2. The molecule has 154 valence electrons. The summed E-state index contributed by atoms with van der Waals surface area (Å²) in [4.78, 5) is 22.2. The van der Waals surface area contributed by atoms with Gasteiger partial charge in [0.15, 0.2) is 5.82 Å². The normalized spacial score (nSPS) is 12.4. The molecule has 4 rings (SSSR count). The molecule has 0 atom stereocenters. The van der Waals surface area contributed by atoms with Crippen molar-refractivity contribution >= 4 is 11.7 Å². The number of aliphatic hydroxyl groups is 1. The van der Waals surface area contributed by atoms with E-state index in [0.717, 1.165) is 40.1 Å². The Bertz CT molecular complexity index is 1090. The number of aliphatic hydroxyl groups excluding tert-OH is 1. The maximum atomic E-state index is 12.5. The summed E-state index contributed by atoms with van der Waals surface area (Å²) in [6, 6.07) is 12.6. The lowest BCUT2D eigenvalue weighted by Crippen LogP contribution is -2.18. The zero-order valence-corrected chi connectivity index (χ0v) is 17.1. The maximum absolute atomic E-state index is 12.5. The van der Waals surface area contributed by atoms with E-state index in [4.69, 9.17) is 9.97 Å². The van der Waals surface area contributed by atoms with Crippen molar-refractivity contribution in [3.63, 3.8) is 0 Å². The molecule has 0 fully saturated rings. The number of aromatic hydroxyl groups is 1. The van der Waals surface area contributed by atoms with Gasteiger partial charge in [-0.25, -0.2) is 9.97 Å². The summed E-state index contributed by atoms with van der Waals surface area (Å²) >= 11 is 0. The van der Waals surface area contributed by atoms with Crippen LogP contribution >= 0.6 is 0 Å². The quantitative estimate of drug-likeness (QED) is 0.596. The van der Waals surface area contributed by atoms with Gasteiger partial charge in [0, 0.05) is 17.5 Å². The Morgan fingerprint density at radius 3 is 2.53 bits per heavy atom. The van der Waals surface area contributed by atoms with Crippen molar-refractivity contribution in [2.75, 3.05) is 5.32 Å². The van der Waals surface area contributed by atoms with Gasteiger partial charge in [-0.3, -0.25) is 4.79 Å². The van der Waals surface area contributed by atoms with Crippen LogP contribution in [-0.4, -0.2) is 26.1 Å². The number of rotatable bonds is 5. The third kappa shape index (κ3) is 4.04. The molecule has 6 nitrogen and oxygen atoms in total. The van der Waals surface area contributed by atoms with Crippen LogP contribution in [0.4, 0.5) is 5.82 Å². The summed E-state index contributed by atoms with van der Waals surface area (Å²) in [6.07, 6.45) is 1.93. The predicted molar refractivity (Wildman–Crippen MR) is 116 cm³/mol. The molecule has 0 saturated carbocycles. The SMILES string of the molecule is CC(C)CC(=O)Nc1nc2c(nc1-c1ccc(O)cc1)-c1ccc(CO)cc1CC2. The largest absolute Gasteiger partial charge is 0.508 e. The molecule has 1 aliphatic carbocycles. The van der Waals surface area contributed by atoms with E-state index < -0.39 is 0 Å². The Kier molecular flexibility index (Phi) is 5.50. The molecular weight excluding hydrogens is 378 g/mol. The zero-order chi connectivity index (χ0) is 21.3. The van der Waals surface area contributed by atoms with Gasteiger partial charge in [-0.1, -0.05) is 32.0 Å². The Hall–Kier alpha value is -3.25. The Balaban J connectivity index is 1.83. The lowest BCUT2D eigenvalue weighted by molar-refractivity contribution is -0.116. The zero-order valence-electron chi connectivity index (χ0n) is 17.1. The summed E-state index contributed by atoms with van der Waals surface area (Å²) in [6.45, 7) is 4.00. The van der Waals surface area contributed by atoms with E-state index in [0.29, 0.717) is 24.4 Å². The van der Waals surface area contributed by atoms with Gasteiger partial charge in [-0.2, -0.15) is 0 Å². The highest BCUT2D eigenvalue weighted by atomic mass is 16.3. The first-order chi connectivity index (χ1) is 14.4. The van der Waals surface area contributed by atoms with Crippen molar-refractivity contribution in [1.29, 1.82) is 0 Å². The van der Waals surface area contributed by atoms with Crippen LogP contribution in [0.2, 0.25) is 0 Å². The van der Waals surface area contributed by atoms with Crippen LogP contribution in [0.1, 0.15) is 37.1 Å². The first-order valence-electron chi connectivity index (χ1n) is 10.2. The molecule has 1 amide bonds. The number of anilines is 1. The molecule has 0 aliphatic heterocycles. The number of nitrogens with zero attached hydrogens (tertiary/aromatic N) is 2. The number of aryl methyl sites for hydroxylation is 2. The van der Waals surface area contributed by atoms with Crippen molar-refractivity contribution in [2.24, 2.45) is 5.92 Å². The molecule has 0 unspecified atom stereocenters. The second-order valence-corrected chi connectivity index (χ2v) is 8.06. The number of nitrogens with one attached hydrogen (secondary N) is 1. The second kappa shape index (κ2) is 8.24. The average Bonchev–Trinajstić information content (AvgIpc) is 2.72. The molecule has 0 spiro atoms. The van der Waals surface area contributed by atoms with Crippen molar-refractivity contribution in [3.8, 4) is 28.3 Å². The van der Waals surface area contributed by atoms with E-state index in [1.165, 1.54) is 0 Å². The minimum Gasteiger partial charge on any atom is -0.508 e. The Labute approximate surface area is 175 Å². The average molecular weight is 403 g/mol. The van der Waals surface area contributed by atoms with Crippen molar-refractivity contribution in [2.45, 2.75) is 39.7 Å². The Morgan fingerprint density at radius 2 is 1.83 bits per heavy atom. The van der Waals surface area contributed by atoms with Gasteiger partial charge >= 0.3 is 0 Å². The van der Waals surface area contributed by atoms with Crippen LogP contribution < -0.4 is 5.32 Å². The van der Waals surface area contributed by atoms with Crippen LogP contribution in [0.25, 0.3) is 22.5 Å². The highest BCUT2D eigenvalue weighted by Crippen LogP contribution is 2.36. The minimum absolute atomic E-state index is 0.00535. The standard InChI is InChI=1S/C24H25N3O3/c1-14(2)11-21(30)26-24-22(16-4-7-18(29)8-5-16)27-23-19-9-3-15(13-28)12-17(19)6-10-20(23)25-24/h3-5,7-9,12,14,28-29H,6,10-11,13H2,1-2H3,(H,25,26,30). The molecule has 3 N–H and O–H groups in total. The van der Waals surface area contributed by atoms with E-state index in [-0.39, 0.29) is 24.2 Å². The third-order valence-electron chi connectivity index (χ3n) is 5.20. The van der Waals surface area contributed by atoms with Crippen molar-refractivity contribution < 1.29 is 15.0 Å². The van der Waals surface area contributed by atoms with E-state index in [9.17, 15) is 15.0 Å². The fourth-order valence-electron chi connectivity index (χ4n) is 3.76. The molecule has 2 aromatic carbocycles. The molecule has 0 saturated heterocycles. The first kappa shape index (κ1) is 20.0. The van der Waals surface area contributed by atoms with Crippen molar-refractivity contribution in [1.82, 2.24) is 9.97 Å². The highest BCUT2D eigenvalue weighted by Gasteiger charge is 2.23. The number of fused-ring (bicyclic) bond motifs is 3. The lowest BCUT2D eigenvalue weighted by atomic mass is 9.90. The molecule has 30 heavy (non-hydrogen) atoms. The van der Waals surface area contributed by atoms with Crippen LogP contribution in [-0.2, 0) is 24.2 Å². The van der Waals surface area contributed by atoms with Gasteiger partial charge < -0.3 is 15.5 Å². The summed E-state index contributed by atoms with van der Waals surface area (Å²) in [5, 5.41) is 22.0. The van der Waals surface area contributed by atoms with E-state index in [1.54, 1.807) is 24.3 Å². The second-order valence-electron chi connectivity index (χ2n) is 8.06. The monoisotopic (exact) mass is 403 g/mol. The summed E-state index contributed by atoms with van der Waals surface area (Å²) in [5.74, 6) is 0.751. The molecule has 1 aliphatic rings. The summed E-state index contributed by atoms with van der Waals surface area (Å²) < 4.78 is 0. The third-order valence-corrected chi connectivity index (χ3v) is 5.20. The summed E-state index contributed by atoms with van der Waals surface area (Å²) in [5.41, 5.74) is 6.00. The predicted octanol–water partition coefficient (Wildman–Crippen LogP) is 4.09. The van der Waals surface area contributed by atoms with Gasteiger partial charge in [-0.15, -0.1) is 0 Å². The van der Waals surface area contributed by atoms with Gasteiger partial charge in [0.1, 0.15) is 11.4 Å². The maximum Gasteiger partial charge on any atom is 0.225 e. The molecule has 0 bridgehead atoms. The topological polar surface area (TPSA) is 95.3 Å². The lowest BCUT2D eigenvalue weighted by Gasteiger charge is -2.21. The smallest absolute Gasteiger partial charge is 0.225 e. The van der Waals surface area contributed by atoms with Crippen molar-refractivity contribution in [3.05, 3.63) is 59.3 Å². The Morgan fingerprint density at radius 1 is 1.07 bits per heavy atom. The van der Waals surface area contributed by atoms with Crippen LogP contribution in [0.15, 0.2) is 42.5 Å². The number of hydrogen-bond acceptors (Lipinski definition) is 5. The number of benzene rings is 2. The molecule has 6 heteroatoms. The van der Waals surface area contributed by atoms with Crippen LogP contribution in [0.3, 0.4) is 0 Å². The van der Waals surface area contributed by atoms with E-state index in [2.05, 4.69) is 5.32 Å². The summed E-state index contributed by atoms with van der Waals surface area (Å²) in [7, 11) is 0. The van der Waals surface area contributed by atoms with Crippen LogP contribution in [0, 0.1) is 5.92 Å². The number of amides is 1. The number of aromatic nitrogens is 2. The van der Waals surface area contributed by atoms with Gasteiger partial charge in [0.05, 0.1) is 18.0 Å². The van der Waals surface area contributed by atoms with Gasteiger partial charge in [-0.05, 0) is 54.2 Å². The van der Waals surface area contributed by atoms with Crippen LogP contribution in [0.5, 0.6) is 5.75 Å². The number of phenols is 1. The molecule has 1 aromatic heterocycles. The van der Waals surface area contributed by atoms with E-state index in [1.807, 2.05) is 32.0 Å². The number of carbonyl (C=O) groups is 1. The van der Waals surface area contributed by atoms with E-state index >= 15 is 0 Å². The number of hydrogen-bond donors (Lipinski definition) is 3. The van der Waals surface area contributed by atoms with Gasteiger partial charge in [0.25, 0.3) is 0 Å². The molecule has 3 aromatic rings. The molecular formula is C24H25N3O3.